The number of allylic oxidation sites excluding steroid dienone is 13. The van der Waals surface area contributed by atoms with Gasteiger partial charge in [0.1, 0.15) is 13.2 Å². The van der Waals surface area contributed by atoms with Crippen LogP contribution in [0.1, 0.15) is 206 Å². The molecule has 3 unspecified atom stereocenters. The fourth-order valence-electron chi connectivity index (χ4n) is 7.00. The second kappa shape index (κ2) is 45.8. The summed E-state index contributed by atoms with van der Waals surface area (Å²) in [6, 6.07) is -0.873. The minimum Gasteiger partial charge on any atom is -0.387 e. The van der Waals surface area contributed by atoms with Gasteiger partial charge in [0, 0.05) is 6.42 Å². The Kier molecular flexibility index (Phi) is 44.2. The van der Waals surface area contributed by atoms with E-state index in [0.29, 0.717) is 17.4 Å². The summed E-state index contributed by atoms with van der Waals surface area (Å²) in [5.74, 6) is -0.195. The van der Waals surface area contributed by atoms with E-state index in [0.717, 1.165) is 70.6 Å². The summed E-state index contributed by atoms with van der Waals surface area (Å²) in [5.41, 5.74) is 0. The van der Waals surface area contributed by atoms with Gasteiger partial charge < -0.3 is 19.8 Å². The molecule has 0 aliphatic heterocycles. The van der Waals surface area contributed by atoms with Crippen LogP contribution in [0.5, 0.6) is 0 Å². The lowest BCUT2D eigenvalue weighted by Gasteiger charge is -2.25. The number of unbranched alkanes of at least 4 members (excludes halogenated alkanes) is 21. The van der Waals surface area contributed by atoms with E-state index in [2.05, 4.69) is 92.1 Å². The minimum atomic E-state index is -4.36. The van der Waals surface area contributed by atoms with Crippen LogP contribution in [-0.4, -0.2) is 73.4 Å². The van der Waals surface area contributed by atoms with E-state index in [1.54, 1.807) is 6.08 Å². The van der Waals surface area contributed by atoms with Gasteiger partial charge in [-0.25, -0.2) is 4.57 Å². The Morgan fingerprint density at radius 3 is 1.44 bits per heavy atom. The van der Waals surface area contributed by atoms with E-state index < -0.39 is 20.0 Å². The number of nitrogens with zero attached hydrogens (tertiary/aromatic N) is 1. The number of likely N-dealkylation sites (N-methyl/N-ethyl adjacent to an activating group) is 1. The first-order valence-corrected chi connectivity index (χ1v) is 27.5. The van der Waals surface area contributed by atoms with Crippen LogP contribution in [0.2, 0.25) is 0 Å². The maximum atomic E-state index is 12.9. The molecule has 0 aromatic rings. The summed E-state index contributed by atoms with van der Waals surface area (Å²) in [6.45, 7) is 4.65. The molecule has 0 fully saturated rings. The third kappa shape index (κ3) is 47.6. The third-order valence-electron chi connectivity index (χ3n) is 11.1. The molecule has 0 saturated heterocycles. The SMILES string of the molecule is CC/C=C\C/C=C\C/C=C\C/C=C\CCCCCCCCCCCCCCCCC(=O)NC(COP(=O)(O)OCC[N+](C)(C)C)C(O)/C=C/CC/C=C/CC/C=C/CCCCCCC. The van der Waals surface area contributed by atoms with Gasteiger partial charge in [0.15, 0.2) is 0 Å². The number of phosphoric ester groups is 1. The zero-order chi connectivity index (χ0) is 47.1. The molecule has 3 atom stereocenters. The van der Waals surface area contributed by atoms with Crippen LogP contribution in [0.4, 0.5) is 0 Å². The Morgan fingerprint density at radius 1 is 0.547 bits per heavy atom. The summed E-state index contributed by atoms with van der Waals surface area (Å²) in [5, 5.41) is 13.8. The van der Waals surface area contributed by atoms with Crippen molar-refractivity contribution in [2.75, 3.05) is 40.9 Å². The zero-order valence-corrected chi connectivity index (χ0v) is 42.9. The average molecular weight is 916 g/mol. The number of nitrogens with one attached hydrogen (secondary N) is 1. The summed E-state index contributed by atoms with van der Waals surface area (Å²) in [4.78, 5) is 23.2. The van der Waals surface area contributed by atoms with Crippen molar-refractivity contribution in [2.45, 2.75) is 219 Å². The first-order valence-electron chi connectivity index (χ1n) is 26.0. The summed E-state index contributed by atoms with van der Waals surface area (Å²) in [7, 11) is 1.54. The van der Waals surface area contributed by atoms with Crippen molar-refractivity contribution >= 4 is 13.7 Å². The monoisotopic (exact) mass is 916 g/mol. The van der Waals surface area contributed by atoms with Gasteiger partial charge in [-0.05, 0) is 83.5 Å². The van der Waals surface area contributed by atoms with Crippen LogP contribution in [0.25, 0.3) is 0 Å². The van der Waals surface area contributed by atoms with E-state index in [-0.39, 0.29) is 19.1 Å². The molecule has 0 bridgehead atoms. The highest BCUT2D eigenvalue weighted by Gasteiger charge is 2.27. The molecule has 64 heavy (non-hydrogen) atoms. The molecular weight excluding hydrogens is 816 g/mol. The van der Waals surface area contributed by atoms with Crippen LogP contribution in [0.3, 0.4) is 0 Å². The van der Waals surface area contributed by atoms with E-state index >= 15 is 0 Å². The van der Waals surface area contributed by atoms with E-state index in [1.165, 1.54) is 116 Å². The highest BCUT2D eigenvalue weighted by molar-refractivity contribution is 7.47. The van der Waals surface area contributed by atoms with Gasteiger partial charge in [-0.15, -0.1) is 0 Å². The number of phosphoric acid groups is 1. The molecule has 1 amide bonds. The van der Waals surface area contributed by atoms with Gasteiger partial charge in [-0.3, -0.25) is 13.8 Å². The fraction of sp³-hybridized carbons (Fsp3) is 0.727. The van der Waals surface area contributed by atoms with Gasteiger partial charge in [-0.2, -0.15) is 0 Å². The lowest BCUT2D eigenvalue weighted by atomic mass is 10.0. The second-order valence-corrected chi connectivity index (χ2v) is 19.9. The third-order valence-corrected chi connectivity index (χ3v) is 12.1. The smallest absolute Gasteiger partial charge is 0.387 e. The molecule has 0 saturated carbocycles. The number of aliphatic hydroxyl groups excluding tert-OH is 1. The molecule has 9 heteroatoms. The Labute approximate surface area is 395 Å². The topological polar surface area (TPSA) is 105 Å². The van der Waals surface area contributed by atoms with Crippen LogP contribution in [0, 0.1) is 0 Å². The number of rotatable bonds is 46. The normalized spacial score (nSPS) is 14.8. The molecule has 0 aliphatic rings. The fourth-order valence-corrected chi connectivity index (χ4v) is 7.74. The largest absolute Gasteiger partial charge is 0.472 e. The van der Waals surface area contributed by atoms with Gasteiger partial charge >= 0.3 is 7.82 Å². The van der Waals surface area contributed by atoms with Crippen LogP contribution in [-0.2, 0) is 18.4 Å². The highest BCUT2D eigenvalue weighted by Crippen LogP contribution is 2.43. The molecular formula is C55H100N2O6P+. The molecule has 0 radical (unpaired) electrons. The standard InChI is InChI=1S/C55H99N2O6P/c1-6-8-10-12-14-16-18-20-22-23-24-25-26-27-28-29-30-31-32-33-35-37-39-41-43-45-47-49-55(59)56-53(52-63-64(60,61)62-51-50-57(3,4)5)54(58)48-46-44-42-40-38-36-34-21-19-17-15-13-11-9-7-2/h8,10,14,16,19-22,24-25,38,40,46,48,53-54,58H,6-7,9,11-13,15,17-18,23,26-37,39,41-45,47,49-52H2,1-5H3,(H-,56,59,60,61)/p+1/b10-8-,16-14-,21-19+,22-20-,25-24-,40-38+,48-46+. The van der Waals surface area contributed by atoms with Crippen molar-refractivity contribution in [3.05, 3.63) is 85.1 Å². The van der Waals surface area contributed by atoms with Crippen molar-refractivity contribution < 1.29 is 32.9 Å². The number of hydrogen-bond acceptors (Lipinski definition) is 5. The lowest BCUT2D eigenvalue weighted by Crippen LogP contribution is -2.45. The molecule has 0 aliphatic carbocycles. The Hall–Kier alpha value is -2.32. The second-order valence-electron chi connectivity index (χ2n) is 18.5. The van der Waals surface area contributed by atoms with Crippen LogP contribution < -0.4 is 5.32 Å². The number of quaternary nitrogens is 1. The molecule has 3 N–H and O–H groups in total. The van der Waals surface area contributed by atoms with Crippen molar-refractivity contribution in [2.24, 2.45) is 0 Å². The van der Waals surface area contributed by atoms with Crippen LogP contribution in [0.15, 0.2) is 85.1 Å². The minimum absolute atomic E-state index is 0.0503. The van der Waals surface area contributed by atoms with Gasteiger partial charge in [0.2, 0.25) is 5.91 Å². The first-order chi connectivity index (χ1) is 31.0. The molecule has 370 valence electrons. The Balaban J connectivity index is 4.26. The van der Waals surface area contributed by atoms with Gasteiger partial charge in [0.05, 0.1) is 39.9 Å². The van der Waals surface area contributed by atoms with Gasteiger partial charge in [-0.1, -0.05) is 202 Å². The molecule has 0 rings (SSSR count). The Morgan fingerprint density at radius 2 is 0.953 bits per heavy atom. The first kappa shape index (κ1) is 61.7. The number of carbonyl (C=O) groups is 1. The maximum Gasteiger partial charge on any atom is 0.472 e. The number of amides is 1. The van der Waals surface area contributed by atoms with Gasteiger partial charge in [0.25, 0.3) is 0 Å². The van der Waals surface area contributed by atoms with E-state index in [4.69, 9.17) is 9.05 Å². The average Bonchev–Trinajstić information content (AvgIpc) is 3.25. The highest BCUT2D eigenvalue weighted by atomic mass is 31.2. The molecule has 0 heterocycles. The van der Waals surface area contributed by atoms with E-state index in [1.807, 2.05) is 27.2 Å². The van der Waals surface area contributed by atoms with E-state index in [9.17, 15) is 19.4 Å². The molecule has 0 aromatic carbocycles. The lowest BCUT2D eigenvalue weighted by molar-refractivity contribution is -0.870. The number of hydrogen-bond donors (Lipinski definition) is 3. The Bertz CT molecular complexity index is 1310. The summed E-state index contributed by atoms with van der Waals surface area (Å²) < 4.78 is 23.6. The predicted molar refractivity (Wildman–Crippen MR) is 276 cm³/mol. The quantitative estimate of drug-likeness (QED) is 0.0243. The zero-order valence-electron chi connectivity index (χ0n) is 42.0. The maximum absolute atomic E-state index is 12.9. The number of carbonyl (C=O) groups excluding carboxylic acids is 1. The van der Waals surface area contributed by atoms with Crippen molar-refractivity contribution in [3.63, 3.8) is 0 Å². The molecule has 8 nitrogen and oxygen atoms in total. The summed E-state index contributed by atoms with van der Waals surface area (Å²) >= 11 is 0. The van der Waals surface area contributed by atoms with Crippen molar-refractivity contribution in [1.82, 2.24) is 5.32 Å². The number of aliphatic hydroxyl groups is 1. The predicted octanol–water partition coefficient (Wildman–Crippen LogP) is 15.3. The molecule has 0 spiro atoms. The van der Waals surface area contributed by atoms with Crippen molar-refractivity contribution in [3.8, 4) is 0 Å². The molecule has 0 aromatic heterocycles. The summed E-state index contributed by atoms with van der Waals surface area (Å²) in [6.07, 6.45) is 63.9. The van der Waals surface area contributed by atoms with Crippen molar-refractivity contribution in [1.29, 1.82) is 0 Å². The van der Waals surface area contributed by atoms with Crippen LogP contribution >= 0.6 is 7.82 Å².